The summed E-state index contributed by atoms with van der Waals surface area (Å²) in [5.74, 6) is 0. The van der Waals surface area contributed by atoms with Crippen LogP contribution in [-0.4, -0.2) is 12.0 Å². The monoisotopic (exact) mass is 400 g/mol. The number of hydrogen-bond donors (Lipinski definition) is 0. The van der Waals surface area contributed by atoms with Crippen molar-refractivity contribution >= 4 is 28.2 Å². The number of nitrogens with zero attached hydrogens (tertiary/aromatic N) is 2. The summed E-state index contributed by atoms with van der Waals surface area (Å²) in [5.41, 5.74) is 0.328. The Balaban J connectivity index is 1.97. The zero-order valence-corrected chi connectivity index (χ0v) is 14.8. The van der Waals surface area contributed by atoms with Crippen LogP contribution in [0.3, 0.4) is 0 Å². The Morgan fingerprint density at radius 1 is 1.04 bits per heavy atom. The molecule has 0 aliphatic heterocycles. The standard InChI is InChI=1S/C19H14ClF5N2/c1-27(10-11-2-4-12(5-3-11)19(23,24)25)17-9-16(18(21)22)26-15-7-6-13(20)8-14(15)17/h2-9,18H,10H2,1H3. The van der Waals surface area contributed by atoms with Crippen LogP contribution in [0.5, 0.6) is 0 Å². The van der Waals surface area contributed by atoms with E-state index in [1.165, 1.54) is 18.2 Å². The number of fused-ring (bicyclic) bond motifs is 1. The zero-order valence-electron chi connectivity index (χ0n) is 14.1. The molecule has 0 radical (unpaired) electrons. The van der Waals surface area contributed by atoms with E-state index in [9.17, 15) is 22.0 Å². The topological polar surface area (TPSA) is 16.1 Å². The molecule has 3 aromatic rings. The van der Waals surface area contributed by atoms with Crippen molar-refractivity contribution in [3.63, 3.8) is 0 Å². The molecule has 0 fully saturated rings. The molecule has 0 aliphatic rings. The fourth-order valence-corrected chi connectivity index (χ4v) is 2.96. The molecule has 8 heteroatoms. The number of aromatic nitrogens is 1. The maximum atomic E-state index is 13.2. The molecule has 1 aromatic heterocycles. The first-order valence-corrected chi connectivity index (χ1v) is 8.28. The number of alkyl halides is 5. The van der Waals surface area contributed by atoms with E-state index in [4.69, 9.17) is 11.6 Å². The van der Waals surface area contributed by atoms with Gasteiger partial charge in [0.25, 0.3) is 6.43 Å². The van der Waals surface area contributed by atoms with Crippen molar-refractivity contribution in [3.05, 3.63) is 70.4 Å². The summed E-state index contributed by atoms with van der Waals surface area (Å²) in [6.07, 6.45) is -7.16. The predicted octanol–water partition coefficient (Wildman–Crippen LogP) is 6.48. The quantitative estimate of drug-likeness (QED) is 0.466. The highest BCUT2D eigenvalue weighted by molar-refractivity contribution is 6.31. The molecule has 3 rings (SSSR count). The number of benzene rings is 2. The van der Waals surface area contributed by atoms with Crippen LogP contribution >= 0.6 is 11.6 Å². The van der Waals surface area contributed by atoms with Gasteiger partial charge < -0.3 is 4.90 Å². The van der Waals surface area contributed by atoms with Crippen molar-refractivity contribution < 1.29 is 22.0 Å². The van der Waals surface area contributed by atoms with Gasteiger partial charge in [-0.3, -0.25) is 0 Å². The molecule has 2 aromatic carbocycles. The molecule has 0 atom stereocenters. The van der Waals surface area contributed by atoms with E-state index in [-0.39, 0.29) is 12.2 Å². The molecule has 0 saturated heterocycles. The summed E-state index contributed by atoms with van der Waals surface area (Å²) < 4.78 is 64.4. The van der Waals surface area contributed by atoms with Gasteiger partial charge in [-0.05, 0) is 42.0 Å². The Morgan fingerprint density at radius 3 is 2.30 bits per heavy atom. The molecule has 0 bridgehead atoms. The van der Waals surface area contributed by atoms with Gasteiger partial charge in [-0.25, -0.2) is 13.8 Å². The summed E-state index contributed by atoms with van der Waals surface area (Å²) in [6, 6.07) is 10.7. The van der Waals surface area contributed by atoms with E-state index in [0.717, 1.165) is 12.1 Å². The second kappa shape index (κ2) is 7.31. The SMILES string of the molecule is CN(Cc1ccc(C(F)(F)F)cc1)c1cc(C(F)F)nc2ccc(Cl)cc12. The molecular formula is C19H14ClF5N2. The maximum Gasteiger partial charge on any atom is 0.416 e. The van der Waals surface area contributed by atoms with Crippen LogP contribution < -0.4 is 4.90 Å². The number of hydrogen-bond acceptors (Lipinski definition) is 2. The second-order valence-electron chi connectivity index (χ2n) is 6.08. The van der Waals surface area contributed by atoms with Crippen molar-refractivity contribution in [1.82, 2.24) is 4.98 Å². The summed E-state index contributed by atoms with van der Waals surface area (Å²) in [4.78, 5) is 5.62. The van der Waals surface area contributed by atoms with Crippen LogP contribution in [0.15, 0.2) is 48.5 Å². The molecule has 27 heavy (non-hydrogen) atoms. The molecular weight excluding hydrogens is 387 g/mol. The normalized spacial score (nSPS) is 12.0. The maximum absolute atomic E-state index is 13.2. The number of halogens is 6. The van der Waals surface area contributed by atoms with E-state index in [1.807, 2.05) is 0 Å². The van der Waals surface area contributed by atoms with Crippen LogP contribution in [0.1, 0.15) is 23.2 Å². The van der Waals surface area contributed by atoms with Crippen molar-refractivity contribution in [3.8, 4) is 0 Å². The van der Waals surface area contributed by atoms with Gasteiger partial charge in [-0.2, -0.15) is 13.2 Å². The Morgan fingerprint density at radius 2 is 1.70 bits per heavy atom. The third kappa shape index (κ3) is 4.30. The van der Waals surface area contributed by atoms with E-state index in [2.05, 4.69) is 4.98 Å². The van der Waals surface area contributed by atoms with Crippen LogP contribution in [0.2, 0.25) is 5.02 Å². The fourth-order valence-electron chi connectivity index (χ4n) is 2.79. The zero-order chi connectivity index (χ0) is 19.8. The van der Waals surface area contributed by atoms with Crippen LogP contribution in [0.25, 0.3) is 10.9 Å². The van der Waals surface area contributed by atoms with E-state index < -0.39 is 18.2 Å². The van der Waals surface area contributed by atoms with Gasteiger partial charge in [-0.15, -0.1) is 0 Å². The lowest BCUT2D eigenvalue weighted by Crippen LogP contribution is -2.17. The molecule has 0 N–H and O–H groups in total. The van der Waals surface area contributed by atoms with Gasteiger partial charge in [0.2, 0.25) is 0 Å². The molecule has 0 unspecified atom stereocenters. The summed E-state index contributed by atoms with van der Waals surface area (Å²) in [7, 11) is 1.67. The van der Waals surface area contributed by atoms with Gasteiger partial charge in [0.15, 0.2) is 0 Å². The summed E-state index contributed by atoms with van der Waals surface area (Å²) in [5, 5.41) is 1.01. The summed E-state index contributed by atoms with van der Waals surface area (Å²) in [6.45, 7) is 0.229. The smallest absolute Gasteiger partial charge is 0.370 e. The van der Waals surface area contributed by atoms with Crippen LogP contribution in [0, 0.1) is 0 Å². The molecule has 0 saturated carbocycles. The van der Waals surface area contributed by atoms with Gasteiger partial charge in [0.05, 0.1) is 11.1 Å². The van der Waals surface area contributed by atoms with Gasteiger partial charge in [-0.1, -0.05) is 23.7 Å². The van der Waals surface area contributed by atoms with Gasteiger partial charge >= 0.3 is 6.18 Å². The minimum Gasteiger partial charge on any atom is -0.370 e. The Hall–Kier alpha value is -2.41. The lowest BCUT2D eigenvalue weighted by Gasteiger charge is -2.22. The van der Waals surface area contributed by atoms with Crippen LogP contribution in [0.4, 0.5) is 27.6 Å². The number of rotatable bonds is 4. The average Bonchev–Trinajstić information content (AvgIpc) is 2.60. The first kappa shape index (κ1) is 19.4. The highest BCUT2D eigenvalue weighted by Gasteiger charge is 2.30. The first-order valence-electron chi connectivity index (χ1n) is 7.91. The van der Waals surface area contributed by atoms with E-state index >= 15 is 0 Å². The lowest BCUT2D eigenvalue weighted by molar-refractivity contribution is -0.137. The van der Waals surface area contributed by atoms with E-state index in [1.54, 1.807) is 30.1 Å². The van der Waals surface area contributed by atoms with Crippen molar-refractivity contribution in [2.24, 2.45) is 0 Å². The molecule has 142 valence electrons. The lowest BCUT2D eigenvalue weighted by atomic mass is 10.1. The number of pyridine rings is 1. The third-order valence-corrected chi connectivity index (χ3v) is 4.34. The predicted molar refractivity (Wildman–Crippen MR) is 95.3 cm³/mol. The van der Waals surface area contributed by atoms with Gasteiger partial charge in [0, 0.05) is 29.7 Å². The minimum atomic E-state index is -4.41. The molecule has 0 amide bonds. The van der Waals surface area contributed by atoms with Gasteiger partial charge in [0.1, 0.15) is 5.69 Å². The van der Waals surface area contributed by atoms with Crippen molar-refractivity contribution in [2.45, 2.75) is 19.1 Å². The summed E-state index contributed by atoms with van der Waals surface area (Å²) >= 11 is 6.02. The van der Waals surface area contributed by atoms with E-state index in [0.29, 0.717) is 27.2 Å². The molecule has 0 aliphatic carbocycles. The van der Waals surface area contributed by atoms with Crippen molar-refractivity contribution in [1.29, 1.82) is 0 Å². The molecule has 1 heterocycles. The highest BCUT2D eigenvalue weighted by Crippen LogP contribution is 2.33. The Labute approximate surface area is 157 Å². The first-order chi connectivity index (χ1) is 12.6. The Bertz CT molecular complexity index is 955. The molecule has 0 spiro atoms. The average molecular weight is 401 g/mol. The van der Waals surface area contributed by atoms with Crippen LogP contribution in [-0.2, 0) is 12.7 Å². The number of anilines is 1. The molecule has 2 nitrogen and oxygen atoms in total. The highest BCUT2D eigenvalue weighted by atomic mass is 35.5. The largest absolute Gasteiger partial charge is 0.416 e. The third-order valence-electron chi connectivity index (χ3n) is 4.10. The minimum absolute atomic E-state index is 0.229. The fraction of sp³-hybridized carbons (Fsp3) is 0.211. The Kier molecular flexibility index (Phi) is 5.24. The second-order valence-corrected chi connectivity index (χ2v) is 6.52. The van der Waals surface area contributed by atoms with Crippen molar-refractivity contribution in [2.75, 3.05) is 11.9 Å².